The van der Waals surface area contributed by atoms with Gasteiger partial charge in [-0.1, -0.05) is 17.7 Å². The molecule has 3 rings (SSSR count). The molecule has 164 valence electrons. The fourth-order valence-electron chi connectivity index (χ4n) is 3.66. The Balaban J connectivity index is 1.53. The molecular formula is C23H29N5O3. The number of carbonyl (C=O) groups excluding carboxylic acids is 3. The second-order valence-electron chi connectivity index (χ2n) is 7.80. The summed E-state index contributed by atoms with van der Waals surface area (Å²) in [5, 5.41) is 11.1. The highest BCUT2D eigenvalue weighted by Gasteiger charge is 2.27. The molecule has 5 amide bonds. The molecule has 1 aliphatic rings. The van der Waals surface area contributed by atoms with Crippen LogP contribution < -0.4 is 21.3 Å². The van der Waals surface area contributed by atoms with Gasteiger partial charge in [-0.25, -0.2) is 9.59 Å². The van der Waals surface area contributed by atoms with Crippen molar-refractivity contribution in [2.75, 3.05) is 36.1 Å². The minimum atomic E-state index is -0.336. The van der Waals surface area contributed by atoms with Gasteiger partial charge in [-0.05, 0) is 62.6 Å². The van der Waals surface area contributed by atoms with Crippen LogP contribution in [0.1, 0.15) is 24.0 Å². The first-order valence-corrected chi connectivity index (χ1v) is 10.4. The molecule has 1 heterocycles. The Hall–Kier alpha value is -3.55. The summed E-state index contributed by atoms with van der Waals surface area (Å²) in [7, 11) is 1.61. The third-order valence-corrected chi connectivity index (χ3v) is 5.35. The lowest BCUT2D eigenvalue weighted by molar-refractivity contribution is -0.125. The van der Waals surface area contributed by atoms with Gasteiger partial charge in [0.05, 0.1) is 5.92 Å². The van der Waals surface area contributed by atoms with E-state index >= 15 is 0 Å². The van der Waals surface area contributed by atoms with E-state index in [-0.39, 0.29) is 23.9 Å². The molecule has 2 aromatic rings. The quantitative estimate of drug-likeness (QED) is 0.599. The van der Waals surface area contributed by atoms with E-state index in [1.807, 2.05) is 32.0 Å². The third kappa shape index (κ3) is 5.97. The average Bonchev–Trinajstić information content (AvgIpc) is 2.76. The maximum atomic E-state index is 12.5. The van der Waals surface area contributed by atoms with Gasteiger partial charge in [0.25, 0.3) is 0 Å². The zero-order valence-electron chi connectivity index (χ0n) is 18.1. The molecule has 0 aliphatic carbocycles. The summed E-state index contributed by atoms with van der Waals surface area (Å²) in [6, 6.07) is 12.2. The third-order valence-electron chi connectivity index (χ3n) is 5.35. The van der Waals surface area contributed by atoms with Gasteiger partial charge < -0.3 is 26.2 Å². The normalized spacial score (nSPS) is 15.7. The highest BCUT2D eigenvalue weighted by molar-refractivity contribution is 6.00. The van der Waals surface area contributed by atoms with E-state index in [1.54, 1.807) is 36.2 Å². The van der Waals surface area contributed by atoms with Crippen molar-refractivity contribution in [1.29, 1.82) is 0 Å². The number of amides is 5. The van der Waals surface area contributed by atoms with Crippen molar-refractivity contribution in [3.05, 3.63) is 53.6 Å². The number of rotatable bonds is 4. The minimum Gasteiger partial charge on any atom is -0.359 e. The van der Waals surface area contributed by atoms with Crippen molar-refractivity contribution in [2.45, 2.75) is 26.7 Å². The summed E-state index contributed by atoms with van der Waals surface area (Å²) < 4.78 is 0. The molecule has 1 aliphatic heterocycles. The molecule has 8 heteroatoms. The molecule has 8 nitrogen and oxygen atoms in total. The first-order chi connectivity index (χ1) is 14.9. The molecule has 0 radical (unpaired) electrons. The number of likely N-dealkylation sites (tertiary alicyclic amines) is 1. The van der Waals surface area contributed by atoms with Gasteiger partial charge in [0.15, 0.2) is 0 Å². The van der Waals surface area contributed by atoms with Gasteiger partial charge in [-0.15, -0.1) is 0 Å². The van der Waals surface area contributed by atoms with Crippen LogP contribution >= 0.6 is 0 Å². The number of hydrogen-bond acceptors (Lipinski definition) is 3. The number of aryl methyl sites for hydroxylation is 2. The number of anilines is 3. The number of urea groups is 2. The van der Waals surface area contributed by atoms with Crippen LogP contribution in [0, 0.1) is 19.8 Å². The monoisotopic (exact) mass is 423 g/mol. The molecule has 0 unspecified atom stereocenters. The van der Waals surface area contributed by atoms with Gasteiger partial charge in [0, 0.05) is 37.2 Å². The van der Waals surface area contributed by atoms with Crippen LogP contribution in [0.25, 0.3) is 0 Å². The van der Waals surface area contributed by atoms with Crippen LogP contribution in [0.3, 0.4) is 0 Å². The van der Waals surface area contributed by atoms with Crippen molar-refractivity contribution in [1.82, 2.24) is 10.2 Å². The Morgan fingerprint density at radius 1 is 0.935 bits per heavy atom. The number of carbonyl (C=O) groups is 3. The topological polar surface area (TPSA) is 103 Å². The lowest BCUT2D eigenvalue weighted by Crippen LogP contribution is -2.46. The van der Waals surface area contributed by atoms with Gasteiger partial charge in [-0.3, -0.25) is 4.79 Å². The zero-order valence-corrected chi connectivity index (χ0v) is 18.1. The van der Waals surface area contributed by atoms with Crippen LogP contribution in [-0.4, -0.2) is 43.0 Å². The summed E-state index contributed by atoms with van der Waals surface area (Å²) in [6.45, 7) is 4.98. The second kappa shape index (κ2) is 9.97. The van der Waals surface area contributed by atoms with Crippen LogP contribution in [0.5, 0.6) is 0 Å². The van der Waals surface area contributed by atoms with Crippen molar-refractivity contribution in [2.24, 2.45) is 5.92 Å². The van der Waals surface area contributed by atoms with Crippen LogP contribution in [0.4, 0.5) is 26.7 Å². The Labute approximate surface area is 182 Å². The van der Waals surface area contributed by atoms with E-state index in [9.17, 15) is 14.4 Å². The first kappa shape index (κ1) is 22.1. The highest BCUT2D eigenvalue weighted by atomic mass is 16.2. The predicted molar refractivity (Wildman–Crippen MR) is 122 cm³/mol. The molecule has 31 heavy (non-hydrogen) atoms. The fraction of sp³-hybridized carbons (Fsp3) is 0.348. The van der Waals surface area contributed by atoms with E-state index < -0.39 is 0 Å². The van der Waals surface area contributed by atoms with Crippen molar-refractivity contribution in [3.8, 4) is 0 Å². The lowest BCUT2D eigenvalue weighted by atomic mass is 9.97. The number of piperidine rings is 1. The second-order valence-corrected chi connectivity index (χ2v) is 7.80. The number of nitrogens with one attached hydrogen (secondary N) is 4. The summed E-state index contributed by atoms with van der Waals surface area (Å²) in [5.41, 5.74) is 4.10. The molecule has 0 spiro atoms. The summed E-state index contributed by atoms with van der Waals surface area (Å²) in [4.78, 5) is 38.3. The maximum absolute atomic E-state index is 12.5. The highest BCUT2D eigenvalue weighted by Crippen LogP contribution is 2.20. The van der Waals surface area contributed by atoms with Gasteiger partial charge in [-0.2, -0.15) is 0 Å². The standard InChI is InChI=1S/C23H29N5O3/c1-15-6-11-20(16(2)13-15)27-22(30)25-18-7-9-19(10-8-18)26-23(31)28-12-4-5-17(14-28)21(29)24-3/h6-11,13,17H,4-5,12,14H2,1-3H3,(H,24,29)(H,26,31)(H2,25,27,30)/t17-/m0/s1. The smallest absolute Gasteiger partial charge is 0.323 e. The minimum absolute atomic E-state index is 0.0352. The molecule has 1 saturated heterocycles. The molecule has 0 aromatic heterocycles. The molecular weight excluding hydrogens is 394 g/mol. The first-order valence-electron chi connectivity index (χ1n) is 10.4. The molecule has 2 aromatic carbocycles. The molecule has 0 saturated carbocycles. The molecule has 1 atom stereocenters. The predicted octanol–water partition coefficient (Wildman–Crippen LogP) is 3.94. The van der Waals surface area contributed by atoms with Gasteiger partial charge >= 0.3 is 12.1 Å². The van der Waals surface area contributed by atoms with E-state index in [1.165, 1.54) is 0 Å². The van der Waals surface area contributed by atoms with E-state index in [2.05, 4.69) is 21.3 Å². The van der Waals surface area contributed by atoms with Crippen molar-refractivity contribution < 1.29 is 14.4 Å². The average molecular weight is 424 g/mol. The molecule has 0 bridgehead atoms. The van der Waals surface area contributed by atoms with Gasteiger partial charge in [0.1, 0.15) is 0 Å². The van der Waals surface area contributed by atoms with Crippen LogP contribution in [-0.2, 0) is 4.79 Å². The van der Waals surface area contributed by atoms with Crippen LogP contribution in [0.2, 0.25) is 0 Å². The van der Waals surface area contributed by atoms with E-state index in [4.69, 9.17) is 0 Å². The SMILES string of the molecule is CNC(=O)[C@H]1CCCN(C(=O)Nc2ccc(NC(=O)Nc3ccc(C)cc3C)cc2)C1. The summed E-state index contributed by atoms with van der Waals surface area (Å²) >= 11 is 0. The van der Waals surface area contributed by atoms with Gasteiger partial charge in [0.2, 0.25) is 5.91 Å². The number of benzene rings is 2. The Bertz CT molecular complexity index is 958. The number of hydrogen-bond donors (Lipinski definition) is 4. The van der Waals surface area contributed by atoms with Crippen molar-refractivity contribution in [3.63, 3.8) is 0 Å². The summed E-state index contributed by atoms with van der Waals surface area (Å²) in [6.07, 6.45) is 1.58. The maximum Gasteiger partial charge on any atom is 0.323 e. The van der Waals surface area contributed by atoms with Crippen LogP contribution in [0.15, 0.2) is 42.5 Å². The zero-order chi connectivity index (χ0) is 22.4. The fourth-order valence-corrected chi connectivity index (χ4v) is 3.66. The van der Waals surface area contributed by atoms with E-state index in [0.717, 1.165) is 29.7 Å². The molecule has 4 N–H and O–H groups in total. The Morgan fingerprint density at radius 2 is 1.61 bits per heavy atom. The Morgan fingerprint density at radius 3 is 2.26 bits per heavy atom. The Kier molecular flexibility index (Phi) is 7.12. The number of nitrogens with zero attached hydrogens (tertiary/aromatic N) is 1. The van der Waals surface area contributed by atoms with E-state index in [0.29, 0.717) is 24.5 Å². The molecule has 1 fully saturated rings. The lowest BCUT2D eigenvalue weighted by Gasteiger charge is -2.31. The summed E-state index contributed by atoms with van der Waals surface area (Å²) in [5.74, 6) is -0.209. The van der Waals surface area contributed by atoms with Crippen molar-refractivity contribution >= 4 is 35.0 Å². The largest absolute Gasteiger partial charge is 0.359 e.